The first kappa shape index (κ1) is 14.6. The molecule has 0 radical (unpaired) electrons. The first-order valence-corrected chi connectivity index (χ1v) is 8.69. The summed E-state index contributed by atoms with van der Waals surface area (Å²) in [5.74, 6) is 1.36. The van der Waals surface area contributed by atoms with Gasteiger partial charge in [0.05, 0.1) is 5.01 Å². The van der Waals surface area contributed by atoms with Gasteiger partial charge in [0, 0.05) is 37.1 Å². The van der Waals surface area contributed by atoms with E-state index in [0.717, 1.165) is 51.0 Å². The van der Waals surface area contributed by atoms with E-state index in [2.05, 4.69) is 27.8 Å². The van der Waals surface area contributed by atoms with Crippen LogP contribution < -0.4 is 5.32 Å². The molecule has 3 rings (SSSR count). The molecule has 0 bridgehead atoms. The van der Waals surface area contributed by atoms with Crippen molar-refractivity contribution >= 4 is 17.4 Å². The van der Waals surface area contributed by atoms with E-state index < -0.39 is 0 Å². The topological polar surface area (TPSA) is 45.2 Å². The molecule has 0 spiro atoms. The molecule has 1 aromatic heterocycles. The number of hydrogen-bond acceptors (Lipinski definition) is 3. The number of aryl methyl sites for hydroxylation is 2. The van der Waals surface area contributed by atoms with Crippen molar-refractivity contribution in [2.75, 3.05) is 19.6 Å². The van der Waals surface area contributed by atoms with Gasteiger partial charge in [-0.05, 0) is 38.0 Å². The van der Waals surface area contributed by atoms with Crippen LogP contribution >= 0.6 is 11.3 Å². The Morgan fingerprint density at radius 1 is 1.38 bits per heavy atom. The van der Waals surface area contributed by atoms with Gasteiger partial charge in [0.25, 0.3) is 0 Å². The third-order valence-electron chi connectivity index (χ3n) is 4.42. The Morgan fingerprint density at radius 2 is 2.10 bits per heavy atom. The largest absolute Gasteiger partial charge is 0.338 e. The summed E-state index contributed by atoms with van der Waals surface area (Å²) in [6, 6.07) is 0.111. The highest BCUT2D eigenvalue weighted by Crippen LogP contribution is 2.32. The van der Waals surface area contributed by atoms with E-state index in [-0.39, 0.29) is 6.03 Å². The van der Waals surface area contributed by atoms with Crippen molar-refractivity contribution in [1.29, 1.82) is 0 Å². The molecule has 4 nitrogen and oxygen atoms in total. The minimum atomic E-state index is 0.111. The molecule has 1 aromatic rings. The van der Waals surface area contributed by atoms with Crippen molar-refractivity contribution in [2.45, 2.75) is 32.6 Å². The van der Waals surface area contributed by atoms with Gasteiger partial charge in [-0.2, -0.15) is 0 Å². The maximum absolute atomic E-state index is 12.2. The molecule has 2 heterocycles. The number of urea groups is 1. The molecule has 1 aliphatic heterocycles. The van der Waals surface area contributed by atoms with E-state index in [1.807, 2.05) is 11.8 Å². The molecule has 0 aromatic carbocycles. The number of likely N-dealkylation sites (tertiary alicyclic amines) is 1. The Labute approximate surface area is 130 Å². The van der Waals surface area contributed by atoms with Crippen LogP contribution in [0.4, 0.5) is 4.79 Å². The number of nitrogens with one attached hydrogen (secondary N) is 1. The molecule has 2 amide bonds. The highest BCUT2D eigenvalue weighted by molar-refractivity contribution is 7.09. The second-order valence-corrected chi connectivity index (χ2v) is 7.03. The molecule has 1 N–H and O–H groups in total. The summed E-state index contributed by atoms with van der Waals surface area (Å²) >= 11 is 1.71. The van der Waals surface area contributed by atoms with Crippen LogP contribution in [0.5, 0.6) is 0 Å². The van der Waals surface area contributed by atoms with Crippen LogP contribution in [0, 0.1) is 18.8 Å². The van der Waals surface area contributed by atoms with Crippen LogP contribution in [-0.4, -0.2) is 35.5 Å². The molecule has 1 saturated heterocycles. The van der Waals surface area contributed by atoms with Gasteiger partial charge in [-0.1, -0.05) is 12.2 Å². The number of fused-ring (bicyclic) bond motifs is 1. The van der Waals surface area contributed by atoms with Gasteiger partial charge in [0.2, 0.25) is 0 Å². The number of hydrogen-bond donors (Lipinski definition) is 1. The Hall–Kier alpha value is -1.36. The molecule has 5 heteroatoms. The lowest BCUT2D eigenvalue weighted by atomic mass is 9.86. The number of rotatable bonds is 4. The molecule has 2 aliphatic rings. The number of amides is 2. The second-order valence-electron chi connectivity index (χ2n) is 6.09. The van der Waals surface area contributed by atoms with E-state index in [9.17, 15) is 4.79 Å². The third-order valence-corrected chi connectivity index (χ3v) is 5.44. The van der Waals surface area contributed by atoms with Gasteiger partial charge in [0.15, 0.2) is 0 Å². The molecular formula is C16H23N3OS. The van der Waals surface area contributed by atoms with Crippen LogP contribution in [0.15, 0.2) is 17.5 Å². The summed E-state index contributed by atoms with van der Waals surface area (Å²) in [5, 5.41) is 6.30. The first-order chi connectivity index (χ1) is 10.2. The Kier molecular flexibility index (Phi) is 4.58. The average Bonchev–Trinajstić information content (AvgIpc) is 3.09. The average molecular weight is 305 g/mol. The zero-order valence-corrected chi connectivity index (χ0v) is 13.4. The van der Waals surface area contributed by atoms with Gasteiger partial charge in [-0.3, -0.25) is 0 Å². The summed E-state index contributed by atoms with van der Waals surface area (Å²) in [7, 11) is 0. The summed E-state index contributed by atoms with van der Waals surface area (Å²) < 4.78 is 0. The highest BCUT2D eigenvalue weighted by Gasteiger charge is 2.34. The lowest BCUT2D eigenvalue weighted by Gasteiger charge is -2.17. The van der Waals surface area contributed by atoms with E-state index >= 15 is 0 Å². The Morgan fingerprint density at radius 3 is 2.71 bits per heavy atom. The normalized spacial score (nSPS) is 24.1. The van der Waals surface area contributed by atoms with Crippen molar-refractivity contribution in [1.82, 2.24) is 15.2 Å². The second kappa shape index (κ2) is 6.60. The molecular weight excluding hydrogens is 282 g/mol. The van der Waals surface area contributed by atoms with Gasteiger partial charge in [-0.15, -0.1) is 11.3 Å². The fourth-order valence-corrected chi connectivity index (χ4v) is 4.06. The molecule has 114 valence electrons. The van der Waals surface area contributed by atoms with Crippen LogP contribution in [0.3, 0.4) is 0 Å². The van der Waals surface area contributed by atoms with E-state index in [4.69, 9.17) is 0 Å². The molecule has 0 unspecified atom stereocenters. The van der Waals surface area contributed by atoms with Crippen molar-refractivity contribution in [3.05, 3.63) is 28.2 Å². The quantitative estimate of drug-likeness (QED) is 0.686. The van der Waals surface area contributed by atoms with Crippen molar-refractivity contribution in [3.63, 3.8) is 0 Å². The standard InChI is InChI=1S/C16H23N3OS/c1-12-11-21-15(18-12)7-4-8-17-16(20)19-9-13-5-2-3-6-14(13)10-19/h2-3,11,13-14H,4-10H2,1H3,(H,17,20)/t13-,14+. The Bertz CT molecular complexity index is 509. The molecule has 2 atom stereocenters. The first-order valence-electron chi connectivity index (χ1n) is 7.81. The zero-order chi connectivity index (χ0) is 14.7. The fourth-order valence-electron chi connectivity index (χ4n) is 3.24. The summed E-state index contributed by atoms with van der Waals surface area (Å²) in [5.41, 5.74) is 1.09. The van der Waals surface area contributed by atoms with Crippen molar-refractivity contribution in [2.24, 2.45) is 11.8 Å². The summed E-state index contributed by atoms with van der Waals surface area (Å²) in [6.45, 7) is 4.60. The van der Waals surface area contributed by atoms with Gasteiger partial charge in [0.1, 0.15) is 0 Å². The number of carbonyl (C=O) groups is 1. The molecule has 1 aliphatic carbocycles. The van der Waals surface area contributed by atoms with Crippen molar-refractivity contribution < 1.29 is 4.79 Å². The SMILES string of the molecule is Cc1csc(CCCNC(=O)N2C[C@H]3CC=CC[C@H]3C2)n1. The van der Waals surface area contributed by atoms with Crippen LogP contribution in [-0.2, 0) is 6.42 Å². The van der Waals surface area contributed by atoms with Crippen LogP contribution in [0.25, 0.3) is 0 Å². The highest BCUT2D eigenvalue weighted by atomic mass is 32.1. The number of aromatic nitrogens is 1. The number of allylic oxidation sites excluding steroid dienone is 2. The minimum Gasteiger partial charge on any atom is -0.338 e. The van der Waals surface area contributed by atoms with Crippen molar-refractivity contribution in [3.8, 4) is 0 Å². The molecule has 0 saturated carbocycles. The maximum Gasteiger partial charge on any atom is 0.317 e. The number of thiazole rings is 1. The predicted octanol–water partition coefficient (Wildman–Crippen LogP) is 2.99. The van der Waals surface area contributed by atoms with E-state index in [1.54, 1.807) is 11.3 Å². The molecule has 21 heavy (non-hydrogen) atoms. The Balaban J connectivity index is 1.37. The summed E-state index contributed by atoms with van der Waals surface area (Å²) in [6.07, 6.45) is 8.71. The lowest BCUT2D eigenvalue weighted by Crippen LogP contribution is -2.39. The smallest absolute Gasteiger partial charge is 0.317 e. The van der Waals surface area contributed by atoms with Crippen LogP contribution in [0.1, 0.15) is 30.0 Å². The fraction of sp³-hybridized carbons (Fsp3) is 0.625. The summed E-state index contributed by atoms with van der Waals surface area (Å²) in [4.78, 5) is 18.6. The third kappa shape index (κ3) is 3.64. The van der Waals surface area contributed by atoms with Crippen LogP contribution in [0.2, 0.25) is 0 Å². The zero-order valence-electron chi connectivity index (χ0n) is 12.5. The number of nitrogens with zero attached hydrogens (tertiary/aromatic N) is 2. The van der Waals surface area contributed by atoms with Gasteiger partial charge < -0.3 is 10.2 Å². The van der Waals surface area contributed by atoms with Gasteiger partial charge in [-0.25, -0.2) is 9.78 Å². The lowest BCUT2D eigenvalue weighted by molar-refractivity contribution is 0.206. The van der Waals surface area contributed by atoms with E-state index in [0.29, 0.717) is 11.8 Å². The number of carbonyl (C=O) groups excluding carboxylic acids is 1. The monoisotopic (exact) mass is 305 g/mol. The van der Waals surface area contributed by atoms with E-state index in [1.165, 1.54) is 5.01 Å². The minimum absolute atomic E-state index is 0.111. The van der Waals surface area contributed by atoms with Gasteiger partial charge >= 0.3 is 6.03 Å². The molecule has 1 fully saturated rings. The maximum atomic E-state index is 12.2. The predicted molar refractivity (Wildman–Crippen MR) is 85.5 cm³/mol.